The molecule has 0 saturated carbocycles. The van der Waals surface area contributed by atoms with Crippen LogP contribution < -0.4 is 9.62 Å². The van der Waals surface area contributed by atoms with E-state index in [-0.39, 0.29) is 29.7 Å². The lowest BCUT2D eigenvalue weighted by Crippen LogP contribution is -2.54. The van der Waals surface area contributed by atoms with E-state index in [0.29, 0.717) is 10.6 Å². The van der Waals surface area contributed by atoms with Gasteiger partial charge in [0.05, 0.1) is 17.0 Å². The first kappa shape index (κ1) is 30.4. The Kier molecular flexibility index (Phi) is 10.4. The van der Waals surface area contributed by atoms with E-state index in [2.05, 4.69) is 5.32 Å². The molecule has 7 nitrogen and oxygen atoms in total. The van der Waals surface area contributed by atoms with Gasteiger partial charge in [-0.3, -0.25) is 13.9 Å². The smallest absolute Gasteiger partial charge is 0.244 e. The van der Waals surface area contributed by atoms with Crippen LogP contribution in [0.5, 0.6) is 0 Å². The molecular weight excluding hydrogens is 564 g/mol. The standard InChI is InChI=1S/C28H30Cl2FN3O4S/c1-19(2)32-28(36)26(15-20-9-5-4-6-10-20)33(17-21-11-7-8-12-23(21)29)27(35)18-34(39(3,37)38)22-13-14-25(31)24(30)16-22/h4-14,16,19,26H,15,17-18H2,1-3H3,(H,32,36)/t26-/m0/s1. The summed E-state index contributed by atoms with van der Waals surface area (Å²) in [5.41, 5.74) is 1.41. The number of halogens is 3. The summed E-state index contributed by atoms with van der Waals surface area (Å²) in [6.07, 6.45) is 1.11. The lowest BCUT2D eigenvalue weighted by atomic mass is 10.0. The third-order valence-electron chi connectivity index (χ3n) is 5.87. The van der Waals surface area contributed by atoms with Crippen LogP contribution in [0.1, 0.15) is 25.0 Å². The number of rotatable bonds is 11. The fourth-order valence-electron chi connectivity index (χ4n) is 4.00. The number of nitrogens with one attached hydrogen (secondary N) is 1. The third-order valence-corrected chi connectivity index (χ3v) is 7.67. The fourth-order valence-corrected chi connectivity index (χ4v) is 5.21. The third kappa shape index (κ3) is 8.42. The van der Waals surface area contributed by atoms with Crippen LogP contribution in [-0.4, -0.2) is 50.0 Å². The molecule has 0 spiro atoms. The van der Waals surface area contributed by atoms with Gasteiger partial charge in [-0.1, -0.05) is 71.7 Å². The topological polar surface area (TPSA) is 86.8 Å². The van der Waals surface area contributed by atoms with Gasteiger partial charge in [-0.2, -0.15) is 0 Å². The molecule has 3 aromatic carbocycles. The van der Waals surface area contributed by atoms with E-state index in [9.17, 15) is 22.4 Å². The Balaban J connectivity index is 2.08. The van der Waals surface area contributed by atoms with Crippen molar-refractivity contribution < 1.29 is 22.4 Å². The minimum Gasteiger partial charge on any atom is -0.352 e. The predicted octanol–water partition coefficient (Wildman–Crippen LogP) is 5.06. The normalized spacial score (nSPS) is 12.2. The minimum atomic E-state index is -4.00. The predicted molar refractivity (Wildman–Crippen MR) is 153 cm³/mol. The Morgan fingerprint density at radius 2 is 1.59 bits per heavy atom. The summed E-state index contributed by atoms with van der Waals surface area (Å²) < 4.78 is 40.2. The molecule has 0 radical (unpaired) electrons. The number of sulfonamides is 1. The van der Waals surface area contributed by atoms with Crippen LogP contribution in [0.15, 0.2) is 72.8 Å². The number of anilines is 1. The van der Waals surface area contributed by atoms with Crippen molar-refractivity contribution in [2.24, 2.45) is 0 Å². The van der Waals surface area contributed by atoms with Gasteiger partial charge in [-0.15, -0.1) is 0 Å². The lowest BCUT2D eigenvalue weighted by molar-refractivity contribution is -0.140. The van der Waals surface area contributed by atoms with Crippen LogP contribution in [0.2, 0.25) is 10.0 Å². The Morgan fingerprint density at radius 3 is 2.18 bits per heavy atom. The molecule has 1 N–H and O–H groups in total. The maximum atomic E-state index is 14.0. The molecule has 0 aromatic heterocycles. The molecule has 11 heteroatoms. The summed E-state index contributed by atoms with van der Waals surface area (Å²) in [5, 5.41) is 2.97. The largest absolute Gasteiger partial charge is 0.352 e. The van der Waals surface area contributed by atoms with Gasteiger partial charge >= 0.3 is 0 Å². The van der Waals surface area contributed by atoms with Gasteiger partial charge in [-0.05, 0) is 49.2 Å². The molecule has 0 aliphatic carbocycles. The first-order chi connectivity index (χ1) is 18.4. The van der Waals surface area contributed by atoms with Gasteiger partial charge in [0.2, 0.25) is 21.8 Å². The van der Waals surface area contributed by atoms with Crippen molar-refractivity contribution in [1.29, 1.82) is 0 Å². The van der Waals surface area contributed by atoms with E-state index < -0.39 is 40.2 Å². The average Bonchev–Trinajstić information content (AvgIpc) is 2.87. The van der Waals surface area contributed by atoms with Crippen molar-refractivity contribution in [2.75, 3.05) is 17.1 Å². The van der Waals surface area contributed by atoms with Crippen molar-refractivity contribution >= 4 is 50.7 Å². The molecule has 3 rings (SSSR count). The van der Waals surface area contributed by atoms with E-state index in [1.807, 2.05) is 30.3 Å². The highest BCUT2D eigenvalue weighted by atomic mass is 35.5. The van der Waals surface area contributed by atoms with Crippen LogP contribution in [0.4, 0.5) is 10.1 Å². The minimum absolute atomic E-state index is 0.0150. The number of carbonyl (C=O) groups is 2. The van der Waals surface area contributed by atoms with E-state index in [1.54, 1.807) is 38.1 Å². The first-order valence-electron chi connectivity index (χ1n) is 12.2. The number of nitrogens with zero attached hydrogens (tertiary/aromatic N) is 2. The van der Waals surface area contributed by atoms with Crippen LogP contribution in [-0.2, 0) is 32.6 Å². The molecule has 3 aromatic rings. The van der Waals surface area contributed by atoms with Gasteiger partial charge in [-0.25, -0.2) is 12.8 Å². The fraction of sp³-hybridized carbons (Fsp3) is 0.286. The lowest BCUT2D eigenvalue weighted by Gasteiger charge is -2.34. The summed E-state index contributed by atoms with van der Waals surface area (Å²) in [4.78, 5) is 28.8. The highest BCUT2D eigenvalue weighted by Gasteiger charge is 2.33. The zero-order valence-corrected chi connectivity index (χ0v) is 24.1. The molecule has 2 amide bonds. The Morgan fingerprint density at radius 1 is 0.949 bits per heavy atom. The number of hydrogen-bond acceptors (Lipinski definition) is 4. The summed E-state index contributed by atoms with van der Waals surface area (Å²) in [6.45, 7) is 2.91. The summed E-state index contributed by atoms with van der Waals surface area (Å²) in [7, 11) is -4.00. The molecule has 0 saturated heterocycles. The molecule has 0 aliphatic rings. The van der Waals surface area contributed by atoms with Gasteiger partial charge in [0.15, 0.2) is 0 Å². The van der Waals surface area contributed by atoms with Crippen LogP contribution in [0.3, 0.4) is 0 Å². The maximum Gasteiger partial charge on any atom is 0.244 e. The number of hydrogen-bond donors (Lipinski definition) is 1. The van der Waals surface area contributed by atoms with Crippen LogP contribution >= 0.6 is 23.2 Å². The van der Waals surface area contributed by atoms with E-state index in [1.165, 1.54) is 11.0 Å². The zero-order chi connectivity index (χ0) is 28.7. The molecule has 208 valence electrons. The molecule has 0 aliphatic heterocycles. The van der Waals surface area contributed by atoms with Gasteiger partial charge < -0.3 is 10.2 Å². The van der Waals surface area contributed by atoms with E-state index >= 15 is 0 Å². The van der Waals surface area contributed by atoms with Crippen molar-refractivity contribution in [3.8, 4) is 0 Å². The second-order valence-electron chi connectivity index (χ2n) is 9.35. The second-order valence-corrected chi connectivity index (χ2v) is 12.1. The summed E-state index contributed by atoms with van der Waals surface area (Å²) >= 11 is 12.3. The highest BCUT2D eigenvalue weighted by molar-refractivity contribution is 7.92. The average molecular weight is 595 g/mol. The Hall–Kier alpha value is -3.14. The molecular formula is C28H30Cl2FN3O4S. The molecule has 0 unspecified atom stereocenters. The molecule has 0 heterocycles. The second kappa shape index (κ2) is 13.3. The van der Waals surface area contributed by atoms with Crippen molar-refractivity contribution in [1.82, 2.24) is 10.2 Å². The highest BCUT2D eigenvalue weighted by Crippen LogP contribution is 2.26. The number of amides is 2. The van der Waals surface area contributed by atoms with Gasteiger partial charge in [0.25, 0.3) is 0 Å². The molecule has 0 bridgehead atoms. The molecule has 0 fully saturated rings. The van der Waals surface area contributed by atoms with Crippen molar-refractivity contribution in [3.05, 3.63) is 99.8 Å². The van der Waals surface area contributed by atoms with Crippen LogP contribution in [0, 0.1) is 5.82 Å². The monoisotopic (exact) mass is 593 g/mol. The zero-order valence-electron chi connectivity index (χ0n) is 21.8. The van der Waals surface area contributed by atoms with Crippen LogP contribution in [0.25, 0.3) is 0 Å². The summed E-state index contributed by atoms with van der Waals surface area (Å²) in [6, 6.07) is 18.3. The quantitative estimate of drug-likeness (QED) is 0.336. The first-order valence-corrected chi connectivity index (χ1v) is 14.8. The molecule has 1 atom stereocenters. The van der Waals surface area contributed by atoms with Gasteiger partial charge in [0.1, 0.15) is 18.4 Å². The van der Waals surface area contributed by atoms with Gasteiger partial charge in [0, 0.05) is 24.0 Å². The SMILES string of the molecule is CC(C)NC(=O)[C@H](Cc1ccccc1)N(Cc1ccccc1Cl)C(=O)CN(c1ccc(F)c(Cl)c1)S(C)(=O)=O. The number of carbonyl (C=O) groups excluding carboxylic acids is 2. The Labute approximate surface area is 238 Å². The summed E-state index contributed by atoms with van der Waals surface area (Å²) in [5.74, 6) is -1.78. The number of benzene rings is 3. The van der Waals surface area contributed by atoms with E-state index in [4.69, 9.17) is 23.2 Å². The van der Waals surface area contributed by atoms with Crippen molar-refractivity contribution in [2.45, 2.75) is 38.9 Å². The van der Waals surface area contributed by atoms with Crippen molar-refractivity contribution in [3.63, 3.8) is 0 Å². The van der Waals surface area contributed by atoms with E-state index in [0.717, 1.165) is 28.3 Å². The maximum absolute atomic E-state index is 14.0. The molecule has 39 heavy (non-hydrogen) atoms. The Bertz CT molecular complexity index is 1420.